The monoisotopic (exact) mass is 1370 g/mol. The highest BCUT2D eigenvalue weighted by Gasteiger charge is 2.42. The first-order chi connectivity index (χ1) is 49.4. The second-order valence-electron chi connectivity index (χ2n) is 27.5. The van der Waals surface area contributed by atoms with Crippen LogP contribution in [0.15, 0.2) is 134 Å². The van der Waals surface area contributed by atoms with Gasteiger partial charge in [0.05, 0.1) is 55.9 Å². The highest BCUT2D eigenvalue weighted by Crippen LogP contribution is 2.41. The topological polar surface area (TPSA) is 263 Å². The van der Waals surface area contributed by atoms with Crippen LogP contribution in [0, 0.1) is 13.8 Å². The minimum Gasteiger partial charge on any atom is -0.481 e. The molecule has 8 aromatic rings. The third-order valence-corrected chi connectivity index (χ3v) is 20.8. The Kier molecular flexibility index (Phi) is 23.0. The average Bonchev–Trinajstić information content (AvgIpc) is 1.68. The van der Waals surface area contributed by atoms with Gasteiger partial charge >= 0.3 is 11.9 Å². The summed E-state index contributed by atoms with van der Waals surface area (Å²) in [4.78, 5) is 60.3. The average molecular weight is 1370 g/mol. The summed E-state index contributed by atoms with van der Waals surface area (Å²) in [7, 11) is 1.40. The number of carbonyl (C=O) groups excluding carboxylic acids is 1. The van der Waals surface area contributed by atoms with Crippen LogP contribution >= 0.6 is 0 Å². The van der Waals surface area contributed by atoms with Crippen LogP contribution in [-0.2, 0) is 49.5 Å². The van der Waals surface area contributed by atoms with Crippen LogP contribution in [0.5, 0.6) is 0 Å². The van der Waals surface area contributed by atoms with Gasteiger partial charge in [0.25, 0.3) is 0 Å². The summed E-state index contributed by atoms with van der Waals surface area (Å²) in [5, 5.41) is 26.5. The third-order valence-electron chi connectivity index (χ3n) is 20.8. The molecule has 24 nitrogen and oxygen atoms in total. The molecule has 0 saturated carbocycles. The van der Waals surface area contributed by atoms with Crippen molar-refractivity contribution in [1.82, 2.24) is 50.1 Å². The Balaban J connectivity index is 0.000000181. The molecule has 5 N–H and O–H groups in total. The number of anilines is 8. The van der Waals surface area contributed by atoms with Crippen molar-refractivity contribution in [3.8, 4) is 22.5 Å². The minimum absolute atomic E-state index is 0.00220. The first-order valence-electron chi connectivity index (χ1n) is 36.0. The van der Waals surface area contributed by atoms with Gasteiger partial charge in [-0.2, -0.15) is 0 Å². The molecule has 4 bridgehead atoms. The lowest BCUT2D eigenvalue weighted by Gasteiger charge is -2.43. The van der Waals surface area contributed by atoms with E-state index in [4.69, 9.17) is 40.8 Å². The third kappa shape index (κ3) is 17.6. The van der Waals surface area contributed by atoms with Crippen LogP contribution in [0.3, 0.4) is 0 Å². The van der Waals surface area contributed by atoms with Gasteiger partial charge in [-0.3, -0.25) is 29.4 Å². The van der Waals surface area contributed by atoms with Crippen molar-refractivity contribution < 1.29 is 28.9 Å². The number of ether oxygens (including phenoxy) is 3. The van der Waals surface area contributed by atoms with Crippen LogP contribution < -0.4 is 40.9 Å². The SMILES string of the molecule is COC(=O)Cc1ccc(N2CCN(CCOCCCc3cc(N4C5CCC4CN(c4cc(-c6ccccc6C)nnc4N)C5)ccn3)CC2)nc1.Cc1ccccc1-c1cc(N2CC3CCC(C2)N3c2ccnc(CCCOCCN3CCN(c4ccc(CC(=O)O)cn4)CC3)c2)c(N)nn1. The molecule has 101 heavy (non-hydrogen) atoms. The molecule has 14 rings (SSSR count). The number of methoxy groups -OCH3 is 1. The standard InChI is InChI=1S/C39H49N9O3.C38H47N9O3/c1-28-6-3-4-8-34(28)35-24-36(39(40)44-43-35)47-26-32-10-11-33(27-47)48(32)31-13-14-41-30(23-31)7-5-20-51-21-19-45-15-17-46(18-16-45)37-12-9-29(25-42-37)22-38(49)50-2;1-27-5-2-3-7-33(27)34-23-35(38(39)43-42-34)46-25-31-9-10-32(26-46)47(31)30-12-13-40-29(22-30)6-4-19-50-20-18-44-14-16-45(17-15-44)36-11-8-28(24-41-36)21-37(48)49/h3-4,6,8-9,12-14,23-25,32-33H,5,7,10-11,15-22,26-27H2,1-2H3,(H2,40,44);2-3,5,7-8,11-13,22-24,31-32H,4,6,9-10,14-21,25-26H2,1H3,(H2,39,43)(H,48,49). The molecule has 6 aliphatic rings. The number of nitrogens with zero attached hydrogens (tertiary/aromatic N) is 16. The van der Waals surface area contributed by atoms with Crippen molar-refractivity contribution in [1.29, 1.82) is 0 Å². The summed E-state index contributed by atoms with van der Waals surface area (Å²) in [6.07, 6.45) is 15.9. The fraction of sp³-hybridized carbons (Fsp3) is 0.455. The van der Waals surface area contributed by atoms with Crippen molar-refractivity contribution in [3.05, 3.63) is 168 Å². The molecule has 0 spiro atoms. The normalized spacial score (nSPS) is 19.2. The molecule has 4 unspecified atom stereocenters. The molecule has 2 aromatic carbocycles. The molecular formula is C77H96N18O6. The zero-order chi connectivity index (χ0) is 69.6. The number of esters is 1. The van der Waals surface area contributed by atoms with Gasteiger partial charge in [-0.15, -0.1) is 20.4 Å². The molecule has 4 atom stereocenters. The van der Waals surface area contributed by atoms with Gasteiger partial charge in [0.2, 0.25) is 0 Å². The number of carbonyl (C=O) groups is 2. The van der Waals surface area contributed by atoms with Gasteiger partial charge in [0.15, 0.2) is 11.6 Å². The van der Waals surface area contributed by atoms with E-state index in [0.29, 0.717) is 49.0 Å². The highest BCUT2D eigenvalue weighted by atomic mass is 16.5. The minimum atomic E-state index is -0.839. The van der Waals surface area contributed by atoms with Gasteiger partial charge in [-0.1, -0.05) is 60.7 Å². The Morgan fingerprint density at radius 1 is 0.495 bits per heavy atom. The number of pyridine rings is 4. The second-order valence-corrected chi connectivity index (χ2v) is 27.5. The van der Waals surface area contributed by atoms with E-state index in [9.17, 15) is 9.59 Å². The maximum absolute atomic E-state index is 11.5. The number of aliphatic carboxylic acids is 1. The quantitative estimate of drug-likeness (QED) is 0.0340. The Labute approximate surface area is 592 Å². The van der Waals surface area contributed by atoms with Crippen LogP contribution in [0.4, 0.5) is 46.0 Å². The predicted octanol–water partition coefficient (Wildman–Crippen LogP) is 8.25. The number of benzene rings is 2. The Morgan fingerprint density at radius 3 is 1.32 bits per heavy atom. The molecule has 0 amide bonds. The molecule has 6 aliphatic heterocycles. The molecular weight excluding hydrogens is 1270 g/mol. The summed E-state index contributed by atoms with van der Waals surface area (Å²) in [5.41, 5.74) is 27.4. The maximum atomic E-state index is 11.5. The van der Waals surface area contributed by atoms with E-state index in [1.165, 1.54) is 29.6 Å². The zero-order valence-electron chi connectivity index (χ0n) is 58.6. The number of piperazine rings is 4. The van der Waals surface area contributed by atoms with E-state index in [1.807, 2.05) is 60.9 Å². The number of rotatable bonds is 26. The number of carboxylic acid groups (broad SMARTS) is 1. The lowest BCUT2D eigenvalue weighted by Crippen LogP contribution is -2.54. The number of hydrogen-bond acceptors (Lipinski definition) is 23. The molecule has 6 fully saturated rings. The van der Waals surface area contributed by atoms with E-state index in [0.717, 1.165) is 224 Å². The van der Waals surface area contributed by atoms with Gasteiger partial charge in [0.1, 0.15) is 11.6 Å². The van der Waals surface area contributed by atoms with E-state index >= 15 is 0 Å². The predicted molar refractivity (Wildman–Crippen MR) is 396 cm³/mol. The van der Waals surface area contributed by atoms with E-state index in [2.05, 4.69) is 144 Å². The molecule has 6 saturated heterocycles. The van der Waals surface area contributed by atoms with Crippen LogP contribution in [0.2, 0.25) is 0 Å². The van der Waals surface area contributed by atoms with Crippen LogP contribution in [0.1, 0.15) is 72.2 Å². The Morgan fingerprint density at radius 2 is 0.921 bits per heavy atom. The summed E-state index contributed by atoms with van der Waals surface area (Å²) in [6.45, 7) is 20.0. The van der Waals surface area contributed by atoms with Crippen LogP contribution in [-0.4, -0.2) is 217 Å². The number of carboxylic acids is 1. The summed E-state index contributed by atoms with van der Waals surface area (Å²) in [5.74, 6) is 1.75. The van der Waals surface area contributed by atoms with Crippen molar-refractivity contribution in [2.45, 2.75) is 102 Å². The molecule has 24 heteroatoms. The first kappa shape index (κ1) is 69.8. The molecule has 0 aliphatic carbocycles. The van der Waals surface area contributed by atoms with E-state index < -0.39 is 5.97 Å². The summed E-state index contributed by atoms with van der Waals surface area (Å²) < 4.78 is 16.8. The largest absolute Gasteiger partial charge is 0.481 e. The summed E-state index contributed by atoms with van der Waals surface area (Å²) in [6, 6.07) is 39.0. The van der Waals surface area contributed by atoms with Crippen molar-refractivity contribution in [3.63, 3.8) is 0 Å². The molecule has 0 radical (unpaired) electrons. The van der Waals surface area contributed by atoms with Crippen LogP contribution in [0.25, 0.3) is 22.5 Å². The smallest absolute Gasteiger partial charge is 0.310 e. The number of fused-ring (bicyclic) bond motifs is 4. The lowest BCUT2D eigenvalue weighted by atomic mass is 10.0. The number of hydrogen-bond donors (Lipinski definition) is 3. The van der Waals surface area contributed by atoms with E-state index in [-0.39, 0.29) is 18.8 Å². The van der Waals surface area contributed by atoms with Crippen molar-refractivity contribution >= 4 is 58.0 Å². The molecule has 530 valence electrons. The van der Waals surface area contributed by atoms with Crippen molar-refractivity contribution in [2.75, 3.05) is 166 Å². The number of nitrogens with two attached hydrogens (primary N) is 2. The fourth-order valence-electron chi connectivity index (χ4n) is 15.4. The van der Waals surface area contributed by atoms with Gasteiger partial charge in [-0.25, -0.2) is 9.97 Å². The Hall–Kier alpha value is -9.62. The van der Waals surface area contributed by atoms with Gasteiger partial charge in [0, 0.05) is 188 Å². The number of aryl methyl sites for hydroxylation is 4. The molecule has 12 heterocycles. The van der Waals surface area contributed by atoms with E-state index in [1.54, 1.807) is 12.4 Å². The van der Waals surface area contributed by atoms with Gasteiger partial charge in [-0.05, 0) is 136 Å². The fourth-order valence-corrected chi connectivity index (χ4v) is 15.4. The molecule has 6 aromatic heterocycles. The summed E-state index contributed by atoms with van der Waals surface area (Å²) >= 11 is 0. The second kappa shape index (κ2) is 33.2. The van der Waals surface area contributed by atoms with Gasteiger partial charge < -0.3 is 60.2 Å². The maximum Gasteiger partial charge on any atom is 0.310 e. The highest BCUT2D eigenvalue weighted by molar-refractivity contribution is 5.76. The zero-order valence-corrected chi connectivity index (χ0v) is 58.6. The number of nitrogen functional groups attached to an aromatic ring is 2. The van der Waals surface area contributed by atoms with Crippen molar-refractivity contribution in [2.24, 2.45) is 0 Å². The number of aromatic nitrogens is 8. The Bertz CT molecular complexity index is 4030. The first-order valence-corrected chi connectivity index (χ1v) is 36.0. The lowest BCUT2D eigenvalue weighted by molar-refractivity contribution is -0.140.